The maximum atomic E-state index is 15.1. The van der Waals surface area contributed by atoms with Crippen molar-refractivity contribution in [3.8, 4) is 0 Å². The molecule has 0 aliphatic rings. The van der Waals surface area contributed by atoms with Crippen LogP contribution in [-0.2, 0) is 15.2 Å². The van der Waals surface area contributed by atoms with Gasteiger partial charge in [0.1, 0.15) is 15.9 Å². The van der Waals surface area contributed by atoms with Crippen LogP contribution in [0.5, 0.6) is 0 Å². The SMILES string of the molecule is Cc1ccccc1[P+](C(=O)[O][Al-]([O]C(C(F)(F)F)(C(F)(F)F)C(F)(F)F)([O]C(C(F)(F)F)(C(F)(F)F)C(F)(F)F)[O]C(C(F)(F)F)(C(F)(F)F)C(F)(F)F)(c1ccccc1C)c1ccccc1C. The van der Waals surface area contributed by atoms with Crippen molar-refractivity contribution in [1.82, 2.24) is 0 Å². The molecule has 0 unspecified atom stereocenters. The van der Waals surface area contributed by atoms with Gasteiger partial charge in [-0.05, 0) is 55.7 Å². The van der Waals surface area contributed by atoms with E-state index < -0.39 is 132 Å². The fourth-order valence-electron chi connectivity index (χ4n) is 6.55. The zero-order valence-electron chi connectivity index (χ0n) is 32.7. The second-order valence-electron chi connectivity index (χ2n) is 13.9. The molecule has 0 saturated carbocycles. The molecule has 34 heteroatoms. The Balaban J connectivity index is 3.10. The van der Waals surface area contributed by atoms with Crippen LogP contribution in [0.3, 0.4) is 0 Å². The molecular formula is C34H21AlF27O5P. The lowest BCUT2D eigenvalue weighted by molar-refractivity contribution is -0.483. The summed E-state index contributed by atoms with van der Waals surface area (Å²) in [5.41, 5.74) is -33.2. The predicted octanol–water partition coefficient (Wildman–Crippen LogP) is 12.8. The largest absolute Gasteiger partial charge is 0.966 e. The Hall–Kier alpha value is -3.92. The van der Waals surface area contributed by atoms with E-state index in [0.717, 1.165) is 75.4 Å². The Bertz CT molecular complexity index is 1940. The second-order valence-corrected chi connectivity index (χ2v) is 19.1. The normalized spacial score (nSPS) is 15.1. The molecule has 0 aliphatic heterocycles. The maximum absolute atomic E-state index is 15.1. The highest BCUT2D eigenvalue weighted by atomic mass is 31.2. The van der Waals surface area contributed by atoms with E-state index in [4.69, 9.17) is 0 Å². The van der Waals surface area contributed by atoms with Crippen LogP contribution in [0.15, 0.2) is 72.8 Å². The van der Waals surface area contributed by atoms with Crippen molar-refractivity contribution in [3.63, 3.8) is 0 Å². The lowest BCUT2D eigenvalue weighted by atomic mass is 10.0. The average molecular weight is 1080 g/mol. The van der Waals surface area contributed by atoms with Crippen molar-refractivity contribution >= 4 is 43.3 Å². The van der Waals surface area contributed by atoms with Gasteiger partial charge in [0.05, 0.1) is 0 Å². The summed E-state index contributed by atoms with van der Waals surface area (Å²) >= 11 is -12.1. The quantitative estimate of drug-likeness (QED) is 0.109. The topological polar surface area (TPSA) is 54.0 Å². The van der Waals surface area contributed by atoms with Crippen LogP contribution in [0.2, 0.25) is 0 Å². The molecule has 0 radical (unpaired) electrons. The van der Waals surface area contributed by atoms with Gasteiger partial charge in [-0.1, -0.05) is 54.6 Å². The summed E-state index contributed by atoms with van der Waals surface area (Å²) in [5.74, 6) is 0. The van der Waals surface area contributed by atoms with Crippen LogP contribution < -0.4 is 15.9 Å². The first-order valence-corrected chi connectivity index (χ1v) is 20.9. The third kappa shape index (κ3) is 9.39. The van der Waals surface area contributed by atoms with Crippen LogP contribution in [0.1, 0.15) is 16.7 Å². The van der Waals surface area contributed by atoms with Crippen molar-refractivity contribution in [3.05, 3.63) is 89.5 Å². The number of benzene rings is 3. The van der Waals surface area contributed by atoms with E-state index in [9.17, 15) is 119 Å². The Morgan fingerprint density at radius 3 is 0.691 bits per heavy atom. The predicted molar refractivity (Wildman–Crippen MR) is 178 cm³/mol. The van der Waals surface area contributed by atoms with Gasteiger partial charge in [0, 0.05) is 0 Å². The van der Waals surface area contributed by atoms with Gasteiger partial charge in [0.25, 0.3) is 0 Å². The van der Waals surface area contributed by atoms with E-state index in [0.29, 0.717) is 18.2 Å². The van der Waals surface area contributed by atoms with Crippen molar-refractivity contribution in [2.24, 2.45) is 0 Å². The number of rotatable bonds is 11. The summed E-state index contributed by atoms with van der Waals surface area (Å²) in [5, 5.41) is -3.17. The molecule has 3 aromatic rings. The molecule has 0 spiro atoms. The Morgan fingerprint density at radius 2 is 0.529 bits per heavy atom. The fraction of sp³-hybridized carbons (Fsp3) is 0.441. The van der Waals surface area contributed by atoms with Crippen molar-refractivity contribution in [2.75, 3.05) is 0 Å². The number of carbonyl (C=O) groups excluding carboxylic acids is 1. The molecule has 0 atom stereocenters. The standard InChI is InChI=1S/C22H21O2P.3C4F9O.Al/c1-16-10-4-7-13-19(16)25(22(23)24,20-14-8-5-11-17(20)2)21-15-9-6-12-18(21)3;3*5-2(6,7)1(14,3(8,9)10)4(11,12)13;/h4-15H,1-3H3;;;;/q;3*-1;+3. The van der Waals surface area contributed by atoms with Gasteiger partial charge in [-0.2, -0.15) is 119 Å². The highest BCUT2D eigenvalue weighted by Gasteiger charge is 2.95. The molecule has 5 nitrogen and oxygen atoms in total. The summed E-state index contributed by atoms with van der Waals surface area (Å²) in [6, 6.07) is 8.93. The summed E-state index contributed by atoms with van der Waals surface area (Å²) < 4.78 is 404. The summed E-state index contributed by atoms with van der Waals surface area (Å²) in [6.45, 7) is 2.36. The van der Waals surface area contributed by atoms with E-state index >= 15 is 4.79 Å². The van der Waals surface area contributed by atoms with E-state index in [1.165, 1.54) is 0 Å². The van der Waals surface area contributed by atoms with Crippen LogP contribution in [-0.4, -0.2) is 92.5 Å². The lowest BCUT2D eigenvalue weighted by Gasteiger charge is -2.54. The van der Waals surface area contributed by atoms with E-state index in [1.54, 1.807) is 0 Å². The molecule has 0 fully saturated rings. The van der Waals surface area contributed by atoms with Gasteiger partial charge in [0.15, 0.2) is 0 Å². The molecule has 3 aromatic carbocycles. The zero-order chi connectivity index (χ0) is 53.4. The number of alkyl halides is 27. The minimum Gasteiger partial charge on any atom is -0.673 e. The van der Waals surface area contributed by atoms with Crippen LogP contribution in [0.25, 0.3) is 0 Å². The fourth-order valence-corrected chi connectivity index (χ4v) is 14.7. The van der Waals surface area contributed by atoms with Gasteiger partial charge in [-0.15, -0.1) is 0 Å². The van der Waals surface area contributed by atoms with Gasteiger partial charge in [0.2, 0.25) is 7.26 Å². The average Bonchev–Trinajstić information content (AvgIpc) is 3.09. The third-order valence-corrected chi connectivity index (χ3v) is 16.5. The van der Waals surface area contributed by atoms with Gasteiger partial charge in [-0.25, -0.2) is 4.79 Å². The van der Waals surface area contributed by atoms with Crippen molar-refractivity contribution < 1.29 is 138 Å². The van der Waals surface area contributed by atoms with E-state index in [1.807, 2.05) is 0 Å². The molecule has 384 valence electrons. The first-order valence-electron chi connectivity index (χ1n) is 17.2. The molecule has 0 aliphatic carbocycles. The summed E-state index contributed by atoms with van der Waals surface area (Å²) in [7, 11) is -6.01. The van der Waals surface area contributed by atoms with Crippen LogP contribution in [0.4, 0.5) is 123 Å². The number of hydrogen-bond donors (Lipinski definition) is 0. The third-order valence-electron chi connectivity index (χ3n) is 9.51. The van der Waals surface area contributed by atoms with E-state index in [-0.39, 0.29) is 0 Å². The molecule has 0 N–H and O–H groups in total. The highest BCUT2D eigenvalue weighted by molar-refractivity contribution is 8.08. The molecule has 0 bridgehead atoms. The minimum atomic E-state index is -12.1. The number of halogens is 27. The minimum absolute atomic E-state index is 0.528. The Morgan fingerprint density at radius 1 is 0.353 bits per heavy atom. The Labute approximate surface area is 364 Å². The lowest BCUT2D eigenvalue weighted by Crippen LogP contribution is -2.81. The molecule has 3 rings (SSSR count). The number of aryl methyl sites for hydroxylation is 3. The first-order chi connectivity index (χ1) is 30.0. The maximum Gasteiger partial charge on any atom is 0.966 e. The van der Waals surface area contributed by atoms with Crippen LogP contribution in [0, 0.1) is 20.8 Å². The molecule has 0 aromatic heterocycles. The van der Waals surface area contributed by atoms with Gasteiger partial charge in [-0.3, -0.25) is 0 Å². The molecular weight excluding hydrogens is 1060 g/mol. The summed E-state index contributed by atoms with van der Waals surface area (Å²) in [6.07, 6.45) is -80.9. The smallest absolute Gasteiger partial charge is 0.673 e. The molecule has 0 saturated heterocycles. The number of hydrogen-bond acceptors (Lipinski definition) is 5. The first kappa shape index (κ1) is 58.4. The zero-order valence-corrected chi connectivity index (χ0v) is 34.7. The second kappa shape index (κ2) is 17.7. The van der Waals surface area contributed by atoms with Gasteiger partial charge < -0.3 is 15.2 Å². The van der Waals surface area contributed by atoms with Crippen LogP contribution >= 0.6 is 7.26 Å². The molecule has 0 heterocycles. The molecule has 68 heavy (non-hydrogen) atoms. The van der Waals surface area contributed by atoms with Gasteiger partial charge >= 0.3 is 92.5 Å². The summed E-state index contributed by atoms with van der Waals surface area (Å²) in [4.78, 5) is 15.1. The van der Waals surface area contributed by atoms with Crippen molar-refractivity contribution in [1.29, 1.82) is 0 Å². The number of carbonyl (C=O) groups is 1. The van der Waals surface area contributed by atoms with E-state index in [2.05, 4.69) is 15.2 Å². The Kier molecular flexibility index (Phi) is 15.2. The molecule has 0 amide bonds. The highest BCUT2D eigenvalue weighted by Crippen LogP contribution is 2.65. The monoisotopic (exact) mass is 1080 g/mol. The van der Waals surface area contributed by atoms with Crippen molar-refractivity contribution in [2.45, 2.75) is 93.2 Å².